The van der Waals surface area contributed by atoms with E-state index >= 15 is 0 Å². The maximum absolute atomic E-state index is 12.1. The monoisotopic (exact) mass is 296 g/mol. The molecule has 7 nitrogen and oxygen atoms in total. The van der Waals surface area contributed by atoms with E-state index in [-0.39, 0.29) is 11.4 Å². The summed E-state index contributed by atoms with van der Waals surface area (Å²) in [6.07, 6.45) is 2.56. The number of aryl methyl sites for hydroxylation is 2. The summed E-state index contributed by atoms with van der Waals surface area (Å²) in [4.78, 5) is 13.9. The molecule has 0 aliphatic rings. The van der Waals surface area contributed by atoms with Crippen LogP contribution >= 0.6 is 0 Å². The van der Waals surface area contributed by atoms with Gasteiger partial charge in [-0.25, -0.2) is 13.1 Å². The molecule has 2 aromatic heterocycles. The van der Waals surface area contributed by atoms with Crippen LogP contribution in [-0.2, 0) is 23.6 Å². The molecule has 0 spiro atoms. The SMILES string of the molecule is Cc1nn(C)c(C)c1CNS(=O)(=O)c1c[nH]ccc1=O. The summed E-state index contributed by atoms with van der Waals surface area (Å²) < 4.78 is 28.3. The van der Waals surface area contributed by atoms with E-state index in [0.29, 0.717) is 0 Å². The Balaban J connectivity index is 2.27. The summed E-state index contributed by atoms with van der Waals surface area (Å²) in [5.74, 6) is 0. The number of nitrogens with zero attached hydrogens (tertiary/aromatic N) is 2. The summed E-state index contributed by atoms with van der Waals surface area (Å²) in [5, 5.41) is 4.22. The number of H-pyrrole nitrogens is 1. The van der Waals surface area contributed by atoms with Gasteiger partial charge in [-0.15, -0.1) is 0 Å². The quantitative estimate of drug-likeness (QED) is 0.842. The Kier molecular flexibility index (Phi) is 3.78. The van der Waals surface area contributed by atoms with Crippen molar-refractivity contribution in [2.75, 3.05) is 0 Å². The van der Waals surface area contributed by atoms with E-state index in [0.717, 1.165) is 17.0 Å². The van der Waals surface area contributed by atoms with Crippen molar-refractivity contribution in [3.05, 3.63) is 45.6 Å². The minimum Gasteiger partial charge on any atom is -0.366 e. The highest BCUT2D eigenvalue weighted by Crippen LogP contribution is 2.12. The molecular formula is C12H16N4O3S. The fourth-order valence-corrected chi connectivity index (χ4v) is 2.98. The van der Waals surface area contributed by atoms with Crippen molar-refractivity contribution < 1.29 is 8.42 Å². The minimum absolute atomic E-state index is 0.0994. The van der Waals surface area contributed by atoms with Gasteiger partial charge in [0.15, 0.2) is 0 Å². The van der Waals surface area contributed by atoms with Crippen LogP contribution in [0.3, 0.4) is 0 Å². The molecule has 0 saturated heterocycles. The van der Waals surface area contributed by atoms with Crippen LogP contribution in [0.25, 0.3) is 0 Å². The average molecular weight is 296 g/mol. The predicted molar refractivity (Wildman–Crippen MR) is 73.8 cm³/mol. The first-order valence-corrected chi connectivity index (χ1v) is 7.47. The third-order valence-electron chi connectivity index (χ3n) is 3.18. The van der Waals surface area contributed by atoms with Gasteiger partial charge in [-0.1, -0.05) is 0 Å². The second-order valence-corrected chi connectivity index (χ2v) is 6.21. The van der Waals surface area contributed by atoms with E-state index in [9.17, 15) is 13.2 Å². The molecule has 2 heterocycles. The van der Waals surface area contributed by atoms with Gasteiger partial charge in [0.05, 0.1) is 5.69 Å². The van der Waals surface area contributed by atoms with Crippen LogP contribution < -0.4 is 10.2 Å². The molecule has 0 aromatic carbocycles. The Bertz CT molecular complexity index is 789. The molecule has 0 unspecified atom stereocenters. The predicted octanol–water partition coefficient (Wildman–Crippen LogP) is 0.204. The molecule has 0 amide bonds. The van der Waals surface area contributed by atoms with Crippen molar-refractivity contribution in [1.82, 2.24) is 19.5 Å². The standard InChI is InChI=1S/C12H16N4O3S/c1-8-10(9(2)16(3)15-8)6-14-20(18,19)12-7-13-5-4-11(12)17/h4-5,7,14H,6H2,1-3H3,(H,13,17). The van der Waals surface area contributed by atoms with Crippen LogP contribution in [0.1, 0.15) is 17.0 Å². The van der Waals surface area contributed by atoms with Gasteiger partial charge in [0.2, 0.25) is 15.5 Å². The number of rotatable bonds is 4. The lowest BCUT2D eigenvalue weighted by atomic mass is 10.2. The molecule has 2 aromatic rings. The van der Waals surface area contributed by atoms with Crippen molar-refractivity contribution in [1.29, 1.82) is 0 Å². The van der Waals surface area contributed by atoms with E-state index < -0.39 is 15.5 Å². The molecule has 0 fully saturated rings. The summed E-state index contributed by atoms with van der Waals surface area (Å²) in [6, 6.07) is 1.18. The molecule has 20 heavy (non-hydrogen) atoms. The maximum Gasteiger partial charge on any atom is 0.246 e. The van der Waals surface area contributed by atoms with Crippen LogP contribution in [0.15, 0.2) is 28.2 Å². The molecule has 2 N–H and O–H groups in total. The van der Waals surface area contributed by atoms with E-state index in [1.807, 2.05) is 13.8 Å². The fourth-order valence-electron chi connectivity index (χ4n) is 1.93. The van der Waals surface area contributed by atoms with Crippen molar-refractivity contribution in [2.45, 2.75) is 25.3 Å². The van der Waals surface area contributed by atoms with Crippen LogP contribution in [-0.4, -0.2) is 23.2 Å². The van der Waals surface area contributed by atoms with Crippen LogP contribution in [0.2, 0.25) is 0 Å². The van der Waals surface area contributed by atoms with Crippen molar-refractivity contribution in [3.63, 3.8) is 0 Å². The Morgan fingerprint density at radius 1 is 1.40 bits per heavy atom. The van der Waals surface area contributed by atoms with Gasteiger partial charge < -0.3 is 4.98 Å². The van der Waals surface area contributed by atoms with Crippen LogP contribution in [0.4, 0.5) is 0 Å². The smallest absolute Gasteiger partial charge is 0.246 e. The second kappa shape index (κ2) is 5.22. The van der Waals surface area contributed by atoms with Gasteiger partial charge in [-0.3, -0.25) is 9.48 Å². The molecule has 0 saturated carbocycles. The number of pyridine rings is 1. The number of aromatic nitrogens is 3. The van der Waals surface area contributed by atoms with Gasteiger partial charge in [0.1, 0.15) is 4.90 Å². The third kappa shape index (κ3) is 2.66. The van der Waals surface area contributed by atoms with Crippen LogP contribution in [0.5, 0.6) is 0 Å². The summed E-state index contributed by atoms with van der Waals surface area (Å²) >= 11 is 0. The Hall–Kier alpha value is -1.93. The van der Waals surface area contributed by atoms with Crippen molar-refractivity contribution in [2.24, 2.45) is 7.05 Å². The zero-order chi connectivity index (χ0) is 14.9. The largest absolute Gasteiger partial charge is 0.366 e. The summed E-state index contributed by atoms with van der Waals surface area (Å²) in [7, 11) is -2.05. The highest BCUT2D eigenvalue weighted by Gasteiger charge is 2.19. The van der Waals surface area contributed by atoms with Gasteiger partial charge in [0, 0.05) is 43.3 Å². The lowest BCUT2D eigenvalue weighted by molar-refractivity contribution is 0.579. The van der Waals surface area contributed by atoms with E-state index in [4.69, 9.17) is 0 Å². The first-order chi connectivity index (χ1) is 9.33. The zero-order valence-corrected chi connectivity index (χ0v) is 12.3. The van der Waals surface area contributed by atoms with Gasteiger partial charge >= 0.3 is 0 Å². The number of sulfonamides is 1. The first-order valence-electron chi connectivity index (χ1n) is 5.99. The molecule has 0 atom stereocenters. The lowest BCUT2D eigenvalue weighted by Crippen LogP contribution is -2.28. The van der Waals surface area contributed by atoms with E-state index in [2.05, 4.69) is 14.8 Å². The van der Waals surface area contributed by atoms with Gasteiger partial charge in [-0.2, -0.15) is 5.10 Å². The molecule has 0 aliphatic heterocycles. The number of aromatic amines is 1. The maximum atomic E-state index is 12.1. The Morgan fingerprint density at radius 3 is 2.65 bits per heavy atom. The number of hydrogen-bond acceptors (Lipinski definition) is 4. The highest BCUT2D eigenvalue weighted by atomic mass is 32.2. The third-order valence-corrected chi connectivity index (χ3v) is 4.60. The number of nitrogens with one attached hydrogen (secondary N) is 2. The van der Waals surface area contributed by atoms with Crippen molar-refractivity contribution >= 4 is 10.0 Å². The molecular weight excluding hydrogens is 280 g/mol. The molecule has 0 bridgehead atoms. The minimum atomic E-state index is -3.84. The highest BCUT2D eigenvalue weighted by molar-refractivity contribution is 7.89. The normalized spacial score (nSPS) is 11.8. The van der Waals surface area contributed by atoms with Gasteiger partial charge in [-0.05, 0) is 13.8 Å². The van der Waals surface area contributed by atoms with Gasteiger partial charge in [0.25, 0.3) is 0 Å². The van der Waals surface area contributed by atoms with E-state index in [1.165, 1.54) is 18.5 Å². The summed E-state index contributed by atoms with van der Waals surface area (Å²) in [6.45, 7) is 3.77. The Labute approximate surface area is 116 Å². The Morgan fingerprint density at radius 2 is 2.10 bits per heavy atom. The van der Waals surface area contributed by atoms with Crippen LogP contribution in [0, 0.1) is 13.8 Å². The average Bonchev–Trinajstić information content (AvgIpc) is 2.61. The summed E-state index contributed by atoms with van der Waals surface area (Å²) in [5.41, 5.74) is 1.90. The molecule has 2 rings (SSSR count). The van der Waals surface area contributed by atoms with Crippen molar-refractivity contribution in [3.8, 4) is 0 Å². The molecule has 8 heteroatoms. The molecule has 0 aliphatic carbocycles. The topological polar surface area (TPSA) is 96.8 Å². The number of hydrogen-bond donors (Lipinski definition) is 2. The second-order valence-electron chi connectivity index (χ2n) is 4.47. The molecule has 108 valence electrons. The lowest BCUT2D eigenvalue weighted by Gasteiger charge is -2.06. The van der Waals surface area contributed by atoms with E-state index in [1.54, 1.807) is 11.7 Å². The molecule has 0 radical (unpaired) electrons. The zero-order valence-electron chi connectivity index (χ0n) is 11.5. The fraction of sp³-hybridized carbons (Fsp3) is 0.333. The first kappa shape index (κ1) is 14.5.